The van der Waals surface area contributed by atoms with Gasteiger partial charge < -0.3 is 15.0 Å². The van der Waals surface area contributed by atoms with E-state index in [4.69, 9.17) is 11.6 Å². The number of pyridine rings is 1. The Balaban J connectivity index is 1.29. The first kappa shape index (κ1) is 24.5. The highest BCUT2D eigenvalue weighted by molar-refractivity contribution is 6.31. The molecule has 3 N–H and O–H groups in total. The van der Waals surface area contributed by atoms with Gasteiger partial charge in [-0.05, 0) is 67.6 Å². The van der Waals surface area contributed by atoms with Crippen LogP contribution in [0.25, 0.3) is 16.6 Å². The van der Waals surface area contributed by atoms with Crippen molar-refractivity contribution in [3.63, 3.8) is 0 Å². The Morgan fingerprint density at radius 2 is 1.83 bits per heavy atom. The second kappa shape index (κ2) is 10.1. The van der Waals surface area contributed by atoms with Crippen molar-refractivity contribution >= 4 is 28.2 Å². The molecule has 36 heavy (non-hydrogen) atoms. The van der Waals surface area contributed by atoms with Crippen LogP contribution >= 0.6 is 11.6 Å². The molecule has 0 amide bonds. The van der Waals surface area contributed by atoms with Crippen molar-refractivity contribution in [2.75, 3.05) is 5.32 Å². The maximum Gasteiger partial charge on any atom is 0.433 e. The Hall–Kier alpha value is -3.14. The number of imidazole rings is 1. The molecule has 188 valence electrons. The van der Waals surface area contributed by atoms with Crippen molar-refractivity contribution in [1.29, 1.82) is 0 Å². The summed E-state index contributed by atoms with van der Waals surface area (Å²) in [6.45, 7) is 0. The molecule has 2 heterocycles. The molecule has 0 radical (unpaired) electrons. The van der Waals surface area contributed by atoms with Crippen LogP contribution in [0.2, 0.25) is 5.02 Å². The zero-order valence-electron chi connectivity index (χ0n) is 19.2. The molecule has 3 atom stereocenters. The fourth-order valence-electron chi connectivity index (χ4n) is 4.71. The summed E-state index contributed by atoms with van der Waals surface area (Å²) in [4.78, 5) is 7.82. The van der Waals surface area contributed by atoms with Gasteiger partial charge in [-0.1, -0.05) is 23.7 Å². The average Bonchev–Trinajstić information content (AvgIpc) is 3.39. The van der Waals surface area contributed by atoms with Gasteiger partial charge in [-0.15, -0.1) is 0 Å². The topological polar surface area (TPSA) is 75.0 Å². The smallest absolute Gasteiger partial charge is 0.382 e. The summed E-state index contributed by atoms with van der Waals surface area (Å²) < 4.78 is 42.3. The molecule has 1 aliphatic carbocycles. The zero-order valence-corrected chi connectivity index (χ0v) is 20.0. The number of fused-ring (bicyclic) bond motifs is 1. The van der Waals surface area contributed by atoms with Crippen LogP contribution in [0.1, 0.15) is 43.2 Å². The highest BCUT2D eigenvalue weighted by Crippen LogP contribution is 2.35. The Kier molecular flexibility index (Phi) is 6.87. The molecule has 2 aromatic carbocycles. The van der Waals surface area contributed by atoms with E-state index in [0.717, 1.165) is 36.6 Å². The first-order chi connectivity index (χ1) is 17.3. The predicted octanol–water partition coefficient (Wildman–Crippen LogP) is 6.10. The molecule has 4 aromatic rings. The minimum absolute atomic E-state index is 0.00153. The van der Waals surface area contributed by atoms with E-state index < -0.39 is 18.1 Å². The highest BCUT2D eigenvalue weighted by atomic mass is 35.5. The van der Waals surface area contributed by atoms with Crippen molar-refractivity contribution in [2.24, 2.45) is 0 Å². The maximum atomic E-state index is 13.5. The number of aromatic nitrogens is 3. The second-order valence-corrected chi connectivity index (χ2v) is 9.49. The van der Waals surface area contributed by atoms with Crippen LogP contribution in [-0.2, 0) is 6.18 Å². The third-order valence-electron chi connectivity index (χ3n) is 6.50. The van der Waals surface area contributed by atoms with Crippen molar-refractivity contribution in [3.8, 4) is 5.69 Å². The molecule has 10 heteroatoms. The van der Waals surface area contributed by atoms with Crippen LogP contribution < -0.4 is 10.6 Å². The zero-order chi connectivity index (χ0) is 25.3. The number of aliphatic hydroxyl groups is 1. The standard InChI is InChI=1S/C26H25ClF3N5O/c27-17-6-9-22-21(12-17)23(14-24(34-22)26(28,29)30)32-18-2-1-3-19(13-18)33-25(36)16-4-7-20(8-5-16)35-11-10-31-15-35/h4-12,14-15,18-19,25,33,36H,1-3,13H2,(H,32,34)/t18-,19+,25?/m0/s1. The Morgan fingerprint density at radius 3 is 2.56 bits per heavy atom. The largest absolute Gasteiger partial charge is 0.433 e. The molecule has 6 nitrogen and oxygen atoms in total. The molecule has 1 aliphatic rings. The molecule has 0 aliphatic heterocycles. The molecule has 0 bridgehead atoms. The number of nitrogens with zero attached hydrogens (tertiary/aromatic N) is 3. The van der Waals surface area contributed by atoms with E-state index in [9.17, 15) is 18.3 Å². The minimum Gasteiger partial charge on any atom is -0.382 e. The normalized spacial score (nSPS) is 19.4. The van der Waals surface area contributed by atoms with E-state index in [2.05, 4.69) is 20.6 Å². The summed E-state index contributed by atoms with van der Waals surface area (Å²) in [7, 11) is 0. The van der Waals surface area contributed by atoms with Gasteiger partial charge in [0.1, 0.15) is 11.9 Å². The number of nitrogens with one attached hydrogen (secondary N) is 2. The molecule has 1 saturated carbocycles. The summed E-state index contributed by atoms with van der Waals surface area (Å²) in [5.41, 5.74) is 1.32. The lowest BCUT2D eigenvalue weighted by Crippen LogP contribution is -2.40. The molecule has 1 fully saturated rings. The van der Waals surface area contributed by atoms with Gasteiger partial charge >= 0.3 is 6.18 Å². The van der Waals surface area contributed by atoms with Crippen molar-refractivity contribution in [3.05, 3.63) is 83.5 Å². The van der Waals surface area contributed by atoms with Gasteiger partial charge in [-0.2, -0.15) is 13.2 Å². The number of anilines is 1. The monoisotopic (exact) mass is 515 g/mol. The third-order valence-corrected chi connectivity index (χ3v) is 6.74. The number of aliphatic hydroxyl groups excluding tert-OH is 1. The van der Waals surface area contributed by atoms with Gasteiger partial charge in [-0.25, -0.2) is 9.97 Å². The first-order valence-corrected chi connectivity index (χ1v) is 12.1. The average molecular weight is 516 g/mol. The molecule has 0 saturated heterocycles. The Bertz CT molecular complexity index is 1330. The van der Waals surface area contributed by atoms with E-state index in [1.54, 1.807) is 18.6 Å². The summed E-state index contributed by atoms with van der Waals surface area (Å²) in [5, 5.41) is 18.3. The fraction of sp³-hybridized carbons (Fsp3) is 0.308. The van der Waals surface area contributed by atoms with Crippen molar-refractivity contribution in [2.45, 2.75) is 50.2 Å². The SMILES string of the molecule is OC(N[C@@H]1CCC[C@H](Nc2cc(C(F)(F)F)nc3ccc(Cl)cc23)C1)c1ccc(-n2ccnc2)cc1. The van der Waals surface area contributed by atoms with Crippen LogP contribution in [-0.4, -0.2) is 31.7 Å². The maximum absolute atomic E-state index is 13.5. The van der Waals surface area contributed by atoms with Crippen LogP contribution in [0.15, 0.2) is 67.3 Å². The van der Waals surface area contributed by atoms with Crippen LogP contribution in [0.3, 0.4) is 0 Å². The molecule has 2 aromatic heterocycles. The fourth-order valence-corrected chi connectivity index (χ4v) is 4.89. The van der Waals surface area contributed by atoms with E-state index in [0.29, 0.717) is 22.5 Å². The molecular formula is C26H25ClF3N5O. The highest BCUT2D eigenvalue weighted by Gasteiger charge is 2.34. The number of hydrogen-bond acceptors (Lipinski definition) is 5. The number of halogens is 4. The van der Waals surface area contributed by atoms with Crippen molar-refractivity contribution in [1.82, 2.24) is 19.9 Å². The summed E-state index contributed by atoms with van der Waals surface area (Å²) in [6.07, 6.45) is 3.02. The predicted molar refractivity (Wildman–Crippen MR) is 133 cm³/mol. The lowest BCUT2D eigenvalue weighted by Gasteiger charge is -2.33. The quantitative estimate of drug-likeness (QED) is 0.271. The lowest BCUT2D eigenvalue weighted by atomic mass is 9.90. The van der Waals surface area contributed by atoms with Gasteiger partial charge in [-0.3, -0.25) is 5.32 Å². The van der Waals surface area contributed by atoms with Gasteiger partial charge in [0.15, 0.2) is 0 Å². The van der Waals surface area contributed by atoms with Gasteiger partial charge in [0.2, 0.25) is 0 Å². The minimum atomic E-state index is -4.56. The van der Waals surface area contributed by atoms with Crippen LogP contribution in [0, 0.1) is 0 Å². The Labute approximate surface area is 211 Å². The third kappa shape index (κ3) is 5.48. The van der Waals surface area contributed by atoms with E-state index in [-0.39, 0.29) is 17.6 Å². The van der Waals surface area contributed by atoms with Gasteiger partial charge in [0.05, 0.1) is 11.8 Å². The molecule has 1 unspecified atom stereocenters. The number of hydrogen-bond donors (Lipinski definition) is 3. The number of rotatable bonds is 6. The van der Waals surface area contributed by atoms with Gasteiger partial charge in [0, 0.05) is 46.3 Å². The summed E-state index contributed by atoms with van der Waals surface area (Å²) >= 11 is 6.12. The summed E-state index contributed by atoms with van der Waals surface area (Å²) in [5.74, 6) is 0. The molecule has 0 spiro atoms. The Morgan fingerprint density at radius 1 is 1.06 bits per heavy atom. The van der Waals surface area contributed by atoms with Crippen LogP contribution in [0.4, 0.5) is 18.9 Å². The van der Waals surface area contributed by atoms with E-state index in [1.807, 2.05) is 35.0 Å². The number of alkyl halides is 3. The number of benzene rings is 2. The molecular weight excluding hydrogens is 491 g/mol. The second-order valence-electron chi connectivity index (χ2n) is 9.05. The van der Waals surface area contributed by atoms with Crippen LogP contribution in [0.5, 0.6) is 0 Å². The van der Waals surface area contributed by atoms with Gasteiger partial charge in [0.25, 0.3) is 0 Å². The van der Waals surface area contributed by atoms with Crippen molar-refractivity contribution < 1.29 is 18.3 Å². The lowest BCUT2D eigenvalue weighted by molar-refractivity contribution is -0.140. The summed E-state index contributed by atoms with van der Waals surface area (Å²) in [6, 6.07) is 13.2. The van der Waals surface area contributed by atoms with E-state index >= 15 is 0 Å². The van der Waals surface area contributed by atoms with E-state index in [1.165, 1.54) is 12.1 Å². The first-order valence-electron chi connectivity index (χ1n) is 11.7. The molecule has 5 rings (SSSR count).